The SMILES string of the molecule is CCc1cc(C(=O)O)cc(NCc2ccccc2Cl)n1. The van der Waals surface area contributed by atoms with Crippen LogP contribution in [0, 0.1) is 0 Å². The molecule has 0 aliphatic carbocycles. The normalized spacial score (nSPS) is 10.3. The highest BCUT2D eigenvalue weighted by Crippen LogP contribution is 2.17. The van der Waals surface area contributed by atoms with Gasteiger partial charge in [-0.15, -0.1) is 0 Å². The second kappa shape index (κ2) is 6.39. The molecule has 1 aromatic heterocycles. The van der Waals surface area contributed by atoms with Crippen molar-refractivity contribution in [2.75, 3.05) is 5.32 Å². The molecule has 0 bridgehead atoms. The zero-order chi connectivity index (χ0) is 14.5. The lowest BCUT2D eigenvalue weighted by Crippen LogP contribution is -2.06. The number of aromatic carboxylic acids is 1. The number of hydrogen-bond donors (Lipinski definition) is 2. The Morgan fingerprint density at radius 2 is 2.10 bits per heavy atom. The first-order chi connectivity index (χ1) is 9.60. The molecule has 0 spiro atoms. The van der Waals surface area contributed by atoms with Crippen molar-refractivity contribution >= 4 is 23.4 Å². The van der Waals surface area contributed by atoms with E-state index < -0.39 is 5.97 Å². The number of benzene rings is 1. The smallest absolute Gasteiger partial charge is 0.335 e. The summed E-state index contributed by atoms with van der Waals surface area (Å²) in [6.45, 7) is 2.44. The molecule has 4 nitrogen and oxygen atoms in total. The lowest BCUT2D eigenvalue weighted by Gasteiger charge is -2.09. The van der Waals surface area contributed by atoms with E-state index in [0.717, 1.165) is 11.3 Å². The maximum Gasteiger partial charge on any atom is 0.335 e. The first kappa shape index (κ1) is 14.3. The number of aromatic nitrogens is 1. The molecule has 5 heteroatoms. The van der Waals surface area contributed by atoms with E-state index in [1.807, 2.05) is 31.2 Å². The number of carboxylic acids is 1. The van der Waals surface area contributed by atoms with E-state index >= 15 is 0 Å². The summed E-state index contributed by atoms with van der Waals surface area (Å²) in [5.74, 6) is -0.412. The molecule has 104 valence electrons. The highest BCUT2D eigenvalue weighted by atomic mass is 35.5. The van der Waals surface area contributed by atoms with Crippen LogP contribution in [-0.2, 0) is 13.0 Å². The van der Waals surface area contributed by atoms with Crippen molar-refractivity contribution in [1.82, 2.24) is 4.98 Å². The van der Waals surface area contributed by atoms with Crippen LogP contribution >= 0.6 is 11.6 Å². The topological polar surface area (TPSA) is 62.2 Å². The summed E-state index contributed by atoms with van der Waals surface area (Å²) < 4.78 is 0. The number of anilines is 1. The minimum absolute atomic E-state index is 0.235. The van der Waals surface area contributed by atoms with E-state index in [1.54, 1.807) is 6.07 Å². The van der Waals surface area contributed by atoms with Crippen molar-refractivity contribution in [3.8, 4) is 0 Å². The minimum Gasteiger partial charge on any atom is -0.478 e. The van der Waals surface area contributed by atoms with E-state index in [-0.39, 0.29) is 5.56 Å². The lowest BCUT2D eigenvalue weighted by molar-refractivity contribution is 0.0696. The Labute approximate surface area is 122 Å². The molecule has 2 aromatic rings. The Kier molecular flexibility index (Phi) is 4.58. The second-order valence-electron chi connectivity index (χ2n) is 4.34. The molecule has 0 fully saturated rings. The molecule has 1 aromatic carbocycles. The molecule has 0 amide bonds. The Morgan fingerprint density at radius 1 is 1.35 bits per heavy atom. The largest absolute Gasteiger partial charge is 0.478 e. The summed E-state index contributed by atoms with van der Waals surface area (Å²) >= 11 is 6.08. The van der Waals surface area contributed by atoms with Gasteiger partial charge in [-0.1, -0.05) is 36.7 Å². The Balaban J connectivity index is 2.19. The molecule has 0 unspecified atom stereocenters. The number of hydrogen-bond acceptors (Lipinski definition) is 3. The molecule has 0 aliphatic rings. The Bertz CT molecular complexity index is 629. The predicted molar refractivity (Wildman–Crippen MR) is 79.4 cm³/mol. The van der Waals surface area contributed by atoms with Gasteiger partial charge >= 0.3 is 5.97 Å². The minimum atomic E-state index is -0.956. The summed E-state index contributed by atoms with van der Waals surface area (Å²) in [6, 6.07) is 10.6. The van der Waals surface area contributed by atoms with Gasteiger partial charge in [0.05, 0.1) is 5.56 Å². The Hall–Kier alpha value is -2.07. The lowest BCUT2D eigenvalue weighted by atomic mass is 10.2. The van der Waals surface area contributed by atoms with Gasteiger partial charge in [0.25, 0.3) is 0 Å². The molecule has 0 saturated heterocycles. The van der Waals surface area contributed by atoms with E-state index in [4.69, 9.17) is 16.7 Å². The van der Waals surface area contributed by atoms with Crippen LogP contribution in [0.15, 0.2) is 36.4 Å². The van der Waals surface area contributed by atoms with E-state index in [9.17, 15) is 4.79 Å². The van der Waals surface area contributed by atoms with Crippen LogP contribution in [0.5, 0.6) is 0 Å². The van der Waals surface area contributed by atoms with Gasteiger partial charge < -0.3 is 10.4 Å². The molecule has 2 N–H and O–H groups in total. The average molecular weight is 291 g/mol. The molecule has 20 heavy (non-hydrogen) atoms. The predicted octanol–water partition coefficient (Wildman–Crippen LogP) is 3.61. The quantitative estimate of drug-likeness (QED) is 0.883. The molecule has 1 heterocycles. The summed E-state index contributed by atoms with van der Waals surface area (Å²) in [4.78, 5) is 15.4. The van der Waals surface area contributed by atoms with Gasteiger partial charge in [0.2, 0.25) is 0 Å². The third-order valence-electron chi connectivity index (χ3n) is 2.91. The van der Waals surface area contributed by atoms with Gasteiger partial charge in [0.1, 0.15) is 5.82 Å². The monoisotopic (exact) mass is 290 g/mol. The maximum atomic E-state index is 11.1. The fourth-order valence-corrected chi connectivity index (χ4v) is 2.01. The van der Waals surface area contributed by atoms with E-state index in [0.29, 0.717) is 23.8 Å². The van der Waals surface area contributed by atoms with Gasteiger partial charge in [-0.2, -0.15) is 0 Å². The zero-order valence-corrected chi connectivity index (χ0v) is 11.8. The number of carbonyl (C=O) groups is 1. The first-order valence-electron chi connectivity index (χ1n) is 6.31. The van der Waals surface area contributed by atoms with E-state index in [2.05, 4.69) is 10.3 Å². The van der Waals surface area contributed by atoms with Crippen molar-refractivity contribution in [1.29, 1.82) is 0 Å². The summed E-state index contributed by atoms with van der Waals surface area (Å²) in [6.07, 6.45) is 0.682. The van der Waals surface area contributed by atoms with Gasteiger partial charge in [-0.05, 0) is 30.2 Å². The summed E-state index contributed by atoms with van der Waals surface area (Å²) in [7, 11) is 0. The van der Waals surface area contributed by atoms with Crippen LogP contribution < -0.4 is 5.32 Å². The number of rotatable bonds is 5. The molecular formula is C15H15ClN2O2. The molecule has 0 atom stereocenters. The number of nitrogens with one attached hydrogen (secondary N) is 1. The number of halogens is 1. The van der Waals surface area contributed by atoms with Crippen molar-refractivity contribution in [2.45, 2.75) is 19.9 Å². The molecule has 2 rings (SSSR count). The van der Waals surface area contributed by atoms with Crippen molar-refractivity contribution in [2.24, 2.45) is 0 Å². The number of carboxylic acid groups (broad SMARTS) is 1. The van der Waals surface area contributed by atoms with Crippen LogP contribution in [0.2, 0.25) is 5.02 Å². The zero-order valence-electron chi connectivity index (χ0n) is 11.1. The maximum absolute atomic E-state index is 11.1. The van der Waals surface area contributed by atoms with Crippen LogP contribution in [-0.4, -0.2) is 16.1 Å². The van der Waals surface area contributed by atoms with Gasteiger partial charge in [0.15, 0.2) is 0 Å². The third kappa shape index (κ3) is 3.48. The van der Waals surface area contributed by atoms with Crippen LogP contribution in [0.4, 0.5) is 5.82 Å². The van der Waals surface area contributed by atoms with Gasteiger partial charge in [-0.25, -0.2) is 9.78 Å². The van der Waals surface area contributed by atoms with Crippen LogP contribution in [0.3, 0.4) is 0 Å². The fourth-order valence-electron chi connectivity index (χ4n) is 1.81. The van der Waals surface area contributed by atoms with Gasteiger partial charge in [-0.3, -0.25) is 0 Å². The van der Waals surface area contributed by atoms with Crippen LogP contribution in [0.25, 0.3) is 0 Å². The van der Waals surface area contributed by atoms with Crippen LogP contribution in [0.1, 0.15) is 28.5 Å². The number of nitrogens with zero attached hydrogens (tertiary/aromatic N) is 1. The standard InChI is InChI=1S/C15H15ClN2O2/c1-2-12-7-11(15(19)20)8-14(18-12)17-9-10-5-3-4-6-13(10)16/h3-8H,2,9H2,1H3,(H,17,18)(H,19,20). The average Bonchev–Trinajstić information content (AvgIpc) is 2.46. The number of aryl methyl sites for hydroxylation is 1. The first-order valence-corrected chi connectivity index (χ1v) is 6.69. The third-order valence-corrected chi connectivity index (χ3v) is 3.27. The van der Waals surface area contributed by atoms with Crippen molar-refractivity contribution in [3.05, 3.63) is 58.2 Å². The molecule has 0 saturated carbocycles. The van der Waals surface area contributed by atoms with Crippen molar-refractivity contribution < 1.29 is 9.90 Å². The summed E-state index contributed by atoms with van der Waals surface area (Å²) in [5.41, 5.74) is 1.92. The molecule has 0 radical (unpaired) electrons. The summed E-state index contributed by atoms with van der Waals surface area (Å²) in [5, 5.41) is 12.9. The number of pyridine rings is 1. The van der Waals surface area contributed by atoms with Gasteiger partial charge in [0, 0.05) is 17.3 Å². The van der Waals surface area contributed by atoms with E-state index in [1.165, 1.54) is 6.07 Å². The van der Waals surface area contributed by atoms with Crippen molar-refractivity contribution in [3.63, 3.8) is 0 Å². The second-order valence-corrected chi connectivity index (χ2v) is 4.74. The fraction of sp³-hybridized carbons (Fsp3) is 0.200. The molecular weight excluding hydrogens is 276 g/mol. The molecule has 0 aliphatic heterocycles. The highest BCUT2D eigenvalue weighted by Gasteiger charge is 2.08. The highest BCUT2D eigenvalue weighted by molar-refractivity contribution is 6.31. The Morgan fingerprint density at radius 3 is 2.75 bits per heavy atom.